The molecule has 0 saturated carbocycles. The van der Waals surface area contributed by atoms with E-state index in [0.29, 0.717) is 17.2 Å². The van der Waals surface area contributed by atoms with Crippen molar-refractivity contribution in [1.29, 1.82) is 0 Å². The van der Waals surface area contributed by atoms with Crippen LogP contribution in [0.5, 0.6) is 17.2 Å². The van der Waals surface area contributed by atoms with E-state index in [9.17, 15) is 4.79 Å². The Morgan fingerprint density at radius 3 is 2.23 bits per heavy atom. The van der Waals surface area contributed by atoms with Gasteiger partial charge in [-0.25, -0.2) is 0 Å². The molecular weight excluding hydrogens is 326 g/mol. The van der Waals surface area contributed by atoms with E-state index in [1.165, 1.54) is 0 Å². The second-order valence-corrected chi connectivity index (χ2v) is 5.97. The summed E-state index contributed by atoms with van der Waals surface area (Å²) in [4.78, 5) is 12.3. The van der Waals surface area contributed by atoms with Gasteiger partial charge in [-0.05, 0) is 49.2 Å². The van der Waals surface area contributed by atoms with E-state index in [2.05, 4.69) is 5.32 Å². The minimum atomic E-state index is -0.239. The molecule has 0 aliphatic heterocycles. The number of anilines is 1. The van der Waals surface area contributed by atoms with Crippen LogP contribution in [0.25, 0.3) is 0 Å². The molecule has 0 unspecified atom stereocenters. The summed E-state index contributed by atoms with van der Waals surface area (Å²) in [5, 5.41) is 2.85. The third-order valence-corrected chi connectivity index (χ3v) is 3.89. The first-order valence-electron chi connectivity index (χ1n) is 8.44. The maximum absolute atomic E-state index is 12.3. The average Bonchev–Trinajstić information content (AvgIpc) is 2.64. The summed E-state index contributed by atoms with van der Waals surface area (Å²) in [6, 6.07) is 22.7. The fourth-order valence-corrected chi connectivity index (χ4v) is 2.63. The van der Waals surface area contributed by atoms with E-state index in [1.54, 1.807) is 6.07 Å². The molecule has 4 nitrogen and oxygen atoms in total. The lowest BCUT2D eigenvalue weighted by Crippen LogP contribution is -2.21. The van der Waals surface area contributed by atoms with E-state index in [-0.39, 0.29) is 12.5 Å². The van der Waals surface area contributed by atoms with Crippen molar-refractivity contribution in [3.05, 3.63) is 83.9 Å². The molecule has 132 valence electrons. The van der Waals surface area contributed by atoms with Gasteiger partial charge in [0.25, 0.3) is 5.91 Å². The topological polar surface area (TPSA) is 47.6 Å². The standard InChI is InChI=1S/C22H21NO3/c1-16-9-8-10-17(2)22(16)25-15-21(24)23-19-13-6-7-14-20(19)26-18-11-4-3-5-12-18/h3-14H,15H2,1-2H3,(H,23,24). The van der Waals surface area contributed by atoms with Gasteiger partial charge in [-0.1, -0.05) is 48.5 Å². The van der Waals surface area contributed by atoms with Crippen LogP contribution >= 0.6 is 0 Å². The zero-order valence-electron chi connectivity index (χ0n) is 14.9. The number of benzene rings is 3. The van der Waals surface area contributed by atoms with Crippen LogP contribution < -0.4 is 14.8 Å². The minimum absolute atomic E-state index is 0.0641. The summed E-state index contributed by atoms with van der Waals surface area (Å²) >= 11 is 0. The minimum Gasteiger partial charge on any atom is -0.483 e. The van der Waals surface area contributed by atoms with Gasteiger partial charge in [0.1, 0.15) is 11.5 Å². The monoisotopic (exact) mass is 347 g/mol. The predicted molar refractivity (Wildman–Crippen MR) is 103 cm³/mol. The highest BCUT2D eigenvalue weighted by Crippen LogP contribution is 2.29. The Morgan fingerprint density at radius 2 is 1.50 bits per heavy atom. The predicted octanol–water partition coefficient (Wildman–Crippen LogP) is 5.11. The van der Waals surface area contributed by atoms with Crippen molar-refractivity contribution >= 4 is 11.6 Å². The SMILES string of the molecule is Cc1cccc(C)c1OCC(=O)Nc1ccccc1Oc1ccccc1. The smallest absolute Gasteiger partial charge is 0.262 e. The van der Waals surface area contributed by atoms with E-state index in [0.717, 1.165) is 16.9 Å². The number of ether oxygens (including phenoxy) is 2. The lowest BCUT2D eigenvalue weighted by Gasteiger charge is -2.14. The zero-order chi connectivity index (χ0) is 18.4. The lowest BCUT2D eigenvalue weighted by molar-refractivity contribution is -0.118. The number of rotatable bonds is 6. The summed E-state index contributed by atoms with van der Waals surface area (Å²) in [7, 11) is 0. The molecule has 0 aliphatic rings. The lowest BCUT2D eigenvalue weighted by atomic mass is 10.1. The van der Waals surface area contributed by atoms with Crippen LogP contribution in [-0.4, -0.2) is 12.5 Å². The van der Waals surface area contributed by atoms with E-state index in [1.807, 2.05) is 80.6 Å². The van der Waals surface area contributed by atoms with Crippen LogP contribution in [-0.2, 0) is 4.79 Å². The van der Waals surface area contributed by atoms with Crippen LogP contribution in [0.2, 0.25) is 0 Å². The van der Waals surface area contributed by atoms with Gasteiger partial charge >= 0.3 is 0 Å². The van der Waals surface area contributed by atoms with Crippen LogP contribution in [0.1, 0.15) is 11.1 Å². The maximum Gasteiger partial charge on any atom is 0.262 e. The van der Waals surface area contributed by atoms with Crippen molar-refractivity contribution < 1.29 is 14.3 Å². The molecule has 26 heavy (non-hydrogen) atoms. The number of aryl methyl sites for hydroxylation is 2. The molecule has 0 fully saturated rings. The normalized spacial score (nSPS) is 10.2. The molecule has 3 rings (SSSR count). The van der Waals surface area contributed by atoms with Gasteiger partial charge in [-0.15, -0.1) is 0 Å². The van der Waals surface area contributed by atoms with Crippen molar-refractivity contribution in [2.75, 3.05) is 11.9 Å². The summed E-state index contributed by atoms with van der Waals surface area (Å²) in [6.45, 7) is 3.86. The molecule has 1 N–H and O–H groups in total. The molecule has 0 aromatic heterocycles. The second-order valence-electron chi connectivity index (χ2n) is 5.97. The Labute approximate surface area is 153 Å². The molecule has 0 radical (unpaired) electrons. The molecule has 3 aromatic carbocycles. The fourth-order valence-electron chi connectivity index (χ4n) is 2.63. The molecule has 0 heterocycles. The Morgan fingerprint density at radius 1 is 0.846 bits per heavy atom. The first-order chi connectivity index (χ1) is 12.6. The fraction of sp³-hybridized carbons (Fsp3) is 0.136. The Bertz CT molecular complexity index is 871. The zero-order valence-corrected chi connectivity index (χ0v) is 14.9. The van der Waals surface area contributed by atoms with Gasteiger partial charge in [-0.2, -0.15) is 0 Å². The molecule has 1 amide bonds. The first-order valence-corrected chi connectivity index (χ1v) is 8.44. The number of amides is 1. The number of carbonyl (C=O) groups is 1. The number of hydrogen-bond donors (Lipinski definition) is 1. The average molecular weight is 347 g/mol. The molecular formula is C22H21NO3. The quantitative estimate of drug-likeness (QED) is 0.674. The van der Waals surface area contributed by atoms with Gasteiger partial charge in [-0.3, -0.25) is 4.79 Å². The summed E-state index contributed by atoms with van der Waals surface area (Å²) in [6.07, 6.45) is 0. The summed E-state index contributed by atoms with van der Waals surface area (Å²) < 4.78 is 11.6. The first kappa shape index (κ1) is 17.5. The van der Waals surface area contributed by atoms with Gasteiger partial charge in [0.15, 0.2) is 12.4 Å². The van der Waals surface area contributed by atoms with Crippen molar-refractivity contribution in [3.63, 3.8) is 0 Å². The molecule has 0 bridgehead atoms. The molecule has 0 aliphatic carbocycles. The highest BCUT2D eigenvalue weighted by molar-refractivity contribution is 5.93. The Balaban J connectivity index is 1.66. The largest absolute Gasteiger partial charge is 0.483 e. The van der Waals surface area contributed by atoms with Crippen molar-refractivity contribution in [2.24, 2.45) is 0 Å². The molecule has 0 spiro atoms. The van der Waals surface area contributed by atoms with Crippen LogP contribution in [0.3, 0.4) is 0 Å². The van der Waals surface area contributed by atoms with E-state index < -0.39 is 0 Å². The van der Waals surface area contributed by atoms with Gasteiger partial charge in [0.05, 0.1) is 5.69 Å². The Hall–Kier alpha value is -3.27. The molecule has 0 saturated heterocycles. The number of nitrogens with one attached hydrogen (secondary N) is 1. The van der Waals surface area contributed by atoms with Crippen molar-refractivity contribution in [1.82, 2.24) is 0 Å². The van der Waals surface area contributed by atoms with Crippen molar-refractivity contribution in [2.45, 2.75) is 13.8 Å². The summed E-state index contributed by atoms with van der Waals surface area (Å²) in [5.41, 5.74) is 2.61. The number of hydrogen-bond acceptors (Lipinski definition) is 3. The third-order valence-electron chi connectivity index (χ3n) is 3.89. The third kappa shape index (κ3) is 4.42. The van der Waals surface area contributed by atoms with Crippen LogP contribution in [0, 0.1) is 13.8 Å². The van der Waals surface area contributed by atoms with Gasteiger partial charge in [0, 0.05) is 0 Å². The number of para-hydroxylation sites is 4. The summed E-state index contributed by atoms with van der Waals surface area (Å²) in [5.74, 6) is 1.80. The van der Waals surface area contributed by atoms with Crippen LogP contribution in [0.4, 0.5) is 5.69 Å². The van der Waals surface area contributed by atoms with Gasteiger partial charge in [0.2, 0.25) is 0 Å². The molecule has 3 aromatic rings. The molecule has 0 atom stereocenters. The second kappa shape index (κ2) is 8.21. The van der Waals surface area contributed by atoms with E-state index in [4.69, 9.17) is 9.47 Å². The van der Waals surface area contributed by atoms with E-state index >= 15 is 0 Å². The highest BCUT2D eigenvalue weighted by atomic mass is 16.5. The molecule has 4 heteroatoms. The highest BCUT2D eigenvalue weighted by Gasteiger charge is 2.11. The van der Waals surface area contributed by atoms with Crippen LogP contribution in [0.15, 0.2) is 72.8 Å². The number of carbonyl (C=O) groups excluding carboxylic acids is 1. The van der Waals surface area contributed by atoms with Gasteiger partial charge < -0.3 is 14.8 Å². The Kier molecular flexibility index (Phi) is 5.54. The van der Waals surface area contributed by atoms with Crippen molar-refractivity contribution in [3.8, 4) is 17.2 Å². The maximum atomic E-state index is 12.3.